The number of halogens is 4. The molecule has 0 fully saturated rings. The molecule has 0 bridgehead atoms. The van der Waals surface area contributed by atoms with Crippen molar-refractivity contribution in [2.75, 3.05) is 0 Å². The number of nitrogens with zero attached hydrogens (tertiary/aromatic N) is 1. The molecule has 0 radical (unpaired) electrons. The maximum atomic E-state index is 12.5. The molecule has 2 rings (SSSR count). The highest BCUT2D eigenvalue weighted by Crippen LogP contribution is 2.33. The lowest BCUT2D eigenvalue weighted by molar-refractivity contribution is -0.140. The number of benzene rings is 1. The Balaban J connectivity index is 2.70. The topological polar surface area (TPSA) is 30.0 Å². The second-order valence-corrected chi connectivity index (χ2v) is 4.18. The lowest BCUT2D eigenvalue weighted by atomic mass is 10.1. The van der Waals surface area contributed by atoms with E-state index in [9.17, 15) is 18.0 Å². The number of rotatable bonds is 1. The molecule has 0 aliphatic heterocycles. The van der Waals surface area contributed by atoms with Gasteiger partial charge >= 0.3 is 6.18 Å². The fourth-order valence-electron chi connectivity index (χ4n) is 1.55. The molecule has 0 amide bonds. The molecule has 0 spiro atoms. The Morgan fingerprint density at radius 1 is 1.28 bits per heavy atom. The van der Waals surface area contributed by atoms with Crippen LogP contribution in [0.2, 0.25) is 5.02 Å². The Hall–Kier alpha value is -1.62. The fraction of sp³-hybridized carbons (Fsp3) is 0.167. The Morgan fingerprint density at radius 2 is 1.94 bits per heavy atom. The van der Waals surface area contributed by atoms with E-state index < -0.39 is 11.9 Å². The zero-order valence-corrected chi connectivity index (χ0v) is 9.93. The van der Waals surface area contributed by atoms with Crippen molar-refractivity contribution in [3.05, 3.63) is 40.5 Å². The first-order chi connectivity index (χ1) is 8.29. The number of fused-ring (bicyclic) bond motifs is 1. The largest absolute Gasteiger partial charge is 0.433 e. The van der Waals surface area contributed by atoms with E-state index in [4.69, 9.17) is 11.6 Å². The van der Waals surface area contributed by atoms with Gasteiger partial charge in [0.2, 0.25) is 0 Å². The molecule has 1 aromatic carbocycles. The maximum absolute atomic E-state index is 12.5. The fourth-order valence-corrected chi connectivity index (χ4v) is 1.80. The van der Waals surface area contributed by atoms with Gasteiger partial charge in [-0.2, -0.15) is 13.2 Å². The molecule has 0 aliphatic rings. The highest BCUT2D eigenvalue weighted by molar-refractivity contribution is 6.35. The van der Waals surface area contributed by atoms with Crippen LogP contribution in [0.25, 0.3) is 10.9 Å². The van der Waals surface area contributed by atoms with Gasteiger partial charge in [0, 0.05) is 10.9 Å². The molecular formula is C12H7ClF3NO. The van der Waals surface area contributed by atoms with Gasteiger partial charge in [0.25, 0.3) is 0 Å². The molecule has 0 aliphatic carbocycles. The van der Waals surface area contributed by atoms with Crippen LogP contribution in [-0.4, -0.2) is 10.8 Å². The molecule has 1 heterocycles. The van der Waals surface area contributed by atoms with Gasteiger partial charge in [-0.15, -0.1) is 0 Å². The van der Waals surface area contributed by atoms with Gasteiger partial charge in [-0.1, -0.05) is 11.6 Å². The van der Waals surface area contributed by atoms with Crippen molar-refractivity contribution in [3.8, 4) is 0 Å². The first kappa shape index (κ1) is 12.8. The minimum Gasteiger partial charge on any atom is -0.295 e. The minimum atomic E-state index is -4.54. The van der Waals surface area contributed by atoms with E-state index in [-0.39, 0.29) is 16.3 Å². The van der Waals surface area contributed by atoms with Crippen LogP contribution in [0.1, 0.15) is 23.0 Å². The number of carbonyl (C=O) groups excluding carboxylic acids is 1. The van der Waals surface area contributed by atoms with Crippen molar-refractivity contribution >= 4 is 28.3 Å². The number of pyridine rings is 1. The summed E-state index contributed by atoms with van der Waals surface area (Å²) in [6.07, 6.45) is -4.54. The molecule has 0 N–H and O–H groups in total. The van der Waals surface area contributed by atoms with Gasteiger partial charge in [0.1, 0.15) is 5.69 Å². The van der Waals surface area contributed by atoms with Gasteiger partial charge in [-0.3, -0.25) is 4.79 Å². The summed E-state index contributed by atoms with van der Waals surface area (Å²) in [6.45, 7) is 1.37. The van der Waals surface area contributed by atoms with Crippen molar-refractivity contribution in [1.29, 1.82) is 0 Å². The monoisotopic (exact) mass is 273 g/mol. The van der Waals surface area contributed by atoms with E-state index in [0.29, 0.717) is 10.9 Å². The Bertz CT molecular complexity index is 637. The van der Waals surface area contributed by atoms with Gasteiger partial charge in [0.05, 0.1) is 10.5 Å². The predicted octanol–water partition coefficient (Wildman–Crippen LogP) is 4.11. The zero-order valence-electron chi connectivity index (χ0n) is 9.18. The number of aromatic nitrogens is 1. The molecule has 2 nitrogen and oxygen atoms in total. The van der Waals surface area contributed by atoms with E-state index in [2.05, 4.69) is 4.98 Å². The average Bonchev–Trinajstić information content (AvgIpc) is 2.27. The molecule has 94 valence electrons. The third-order valence-corrected chi connectivity index (χ3v) is 2.77. The summed E-state index contributed by atoms with van der Waals surface area (Å²) in [7, 11) is 0. The number of alkyl halides is 3. The van der Waals surface area contributed by atoms with Crippen molar-refractivity contribution in [3.63, 3.8) is 0 Å². The SMILES string of the molecule is CC(=O)c1ccc2nc(C(F)(F)F)cc(Cl)c2c1. The molecule has 0 saturated heterocycles. The van der Waals surface area contributed by atoms with Gasteiger partial charge < -0.3 is 0 Å². The van der Waals surface area contributed by atoms with E-state index in [1.54, 1.807) is 0 Å². The van der Waals surface area contributed by atoms with E-state index >= 15 is 0 Å². The summed E-state index contributed by atoms with van der Waals surface area (Å²) in [6, 6.07) is 4.97. The molecule has 0 saturated carbocycles. The van der Waals surface area contributed by atoms with Crippen molar-refractivity contribution in [1.82, 2.24) is 4.98 Å². The van der Waals surface area contributed by atoms with Gasteiger partial charge in [-0.25, -0.2) is 4.98 Å². The van der Waals surface area contributed by atoms with Crippen LogP contribution in [-0.2, 0) is 6.18 Å². The number of hydrogen-bond acceptors (Lipinski definition) is 2. The highest BCUT2D eigenvalue weighted by atomic mass is 35.5. The summed E-state index contributed by atoms with van der Waals surface area (Å²) in [4.78, 5) is 14.7. The Kier molecular flexibility index (Phi) is 3.02. The van der Waals surface area contributed by atoms with Crippen LogP contribution < -0.4 is 0 Å². The molecule has 6 heteroatoms. The summed E-state index contributed by atoms with van der Waals surface area (Å²) >= 11 is 5.79. The van der Waals surface area contributed by atoms with Crippen LogP contribution in [0.5, 0.6) is 0 Å². The lowest BCUT2D eigenvalue weighted by Crippen LogP contribution is -2.08. The van der Waals surface area contributed by atoms with Crippen LogP contribution in [0.3, 0.4) is 0 Å². The van der Waals surface area contributed by atoms with E-state index in [0.717, 1.165) is 6.07 Å². The number of hydrogen-bond donors (Lipinski definition) is 0. The smallest absolute Gasteiger partial charge is 0.295 e. The van der Waals surface area contributed by atoms with Gasteiger partial charge in [0.15, 0.2) is 5.78 Å². The van der Waals surface area contributed by atoms with Crippen LogP contribution >= 0.6 is 11.6 Å². The molecular weight excluding hydrogens is 267 g/mol. The van der Waals surface area contributed by atoms with Crippen LogP contribution in [0, 0.1) is 0 Å². The molecule has 0 unspecified atom stereocenters. The van der Waals surface area contributed by atoms with Gasteiger partial charge in [-0.05, 0) is 31.2 Å². The molecule has 18 heavy (non-hydrogen) atoms. The van der Waals surface area contributed by atoms with E-state index in [1.165, 1.54) is 25.1 Å². The van der Waals surface area contributed by atoms with Crippen molar-refractivity contribution < 1.29 is 18.0 Å². The third-order valence-electron chi connectivity index (χ3n) is 2.46. The zero-order chi connectivity index (χ0) is 13.5. The van der Waals surface area contributed by atoms with Crippen molar-refractivity contribution in [2.45, 2.75) is 13.1 Å². The molecule has 0 atom stereocenters. The maximum Gasteiger partial charge on any atom is 0.433 e. The highest BCUT2D eigenvalue weighted by Gasteiger charge is 2.33. The first-order valence-corrected chi connectivity index (χ1v) is 5.35. The van der Waals surface area contributed by atoms with Crippen LogP contribution in [0.15, 0.2) is 24.3 Å². The number of ketones is 1. The first-order valence-electron chi connectivity index (χ1n) is 4.97. The second kappa shape index (κ2) is 4.24. The average molecular weight is 274 g/mol. The summed E-state index contributed by atoms with van der Waals surface area (Å²) in [5.41, 5.74) is -0.554. The third kappa shape index (κ3) is 2.31. The second-order valence-electron chi connectivity index (χ2n) is 3.78. The predicted molar refractivity (Wildman–Crippen MR) is 61.8 cm³/mol. The standard InChI is InChI=1S/C12H7ClF3NO/c1-6(18)7-2-3-10-8(4-7)9(13)5-11(17-10)12(14,15)16/h2-5H,1H3. The van der Waals surface area contributed by atoms with Crippen LogP contribution in [0.4, 0.5) is 13.2 Å². The van der Waals surface area contributed by atoms with E-state index in [1.807, 2.05) is 0 Å². The number of carbonyl (C=O) groups is 1. The Morgan fingerprint density at radius 3 is 2.50 bits per heavy atom. The Labute approximate surface area is 105 Å². The van der Waals surface area contributed by atoms with Crippen molar-refractivity contribution in [2.24, 2.45) is 0 Å². The summed E-state index contributed by atoms with van der Waals surface area (Å²) in [5.74, 6) is -0.187. The normalized spacial score (nSPS) is 11.8. The minimum absolute atomic E-state index is 0.0737. The quantitative estimate of drug-likeness (QED) is 0.732. The number of Topliss-reactive ketones (excluding diaryl/α,β-unsaturated/α-hetero) is 1. The molecule has 2 aromatic rings. The summed E-state index contributed by atoms with van der Waals surface area (Å²) < 4.78 is 37.6. The summed E-state index contributed by atoms with van der Waals surface area (Å²) in [5, 5.41) is 0.257. The molecule has 1 aromatic heterocycles. The lowest BCUT2D eigenvalue weighted by Gasteiger charge is -2.09.